The second-order valence-electron chi connectivity index (χ2n) is 7.75. The van der Waals surface area contributed by atoms with E-state index < -0.39 is 15.9 Å². The van der Waals surface area contributed by atoms with E-state index in [0.717, 1.165) is 36.5 Å². The molecule has 0 spiro atoms. The van der Waals surface area contributed by atoms with Crippen molar-refractivity contribution in [1.29, 1.82) is 0 Å². The third-order valence-electron chi connectivity index (χ3n) is 5.15. The SMILES string of the molecule is CC(OCCNCS(=O)(=O)c1cccc(Cl)c1Cl)C(=O)NCc1ccc(C2=NCCCN2)cc1. The molecule has 11 heteroatoms. The second-order valence-corrected chi connectivity index (χ2v) is 10.5. The van der Waals surface area contributed by atoms with Gasteiger partial charge in [-0.15, -0.1) is 0 Å². The number of halogens is 2. The maximum Gasteiger partial charge on any atom is 0.249 e. The zero-order valence-electron chi connectivity index (χ0n) is 18.8. The number of hydrogen-bond donors (Lipinski definition) is 3. The van der Waals surface area contributed by atoms with Crippen molar-refractivity contribution in [1.82, 2.24) is 16.0 Å². The summed E-state index contributed by atoms with van der Waals surface area (Å²) in [7, 11) is -3.65. The molecule has 0 saturated carbocycles. The third-order valence-corrected chi connectivity index (χ3v) is 7.68. The monoisotopic (exact) mass is 526 g/mol. The molecule has 1 atom stereocenters. The summed E-state index contributed by atoms with van der Waals surface area (Å²) in [5.41, 5.74) is 1.99. The predicted octanol–water partition coefficient (Wildman–Crippen LogP) is 2.78. The molecule has 2 aromatic rings. The normalized spacial score (nSPS) is 14.7. The number of nitrogens with zero attached hydrogens (tertiary/aromatic N) is 1. The van der Waals surface area contributed by atoms with Crippen LogP contribution in [0.3, 0.4) is 0 Å². The van der Waals surface area contributed by atoms with Crippen LogP contribution in [0.5, 0.6) is 0 Å². The summed E-state index contributed by atoms with van der Waals surface area (Å²) in [5.74, 6) is 0.330. The maximum absolute atomic E-state index is 12.4. The van der Waals surface area contributed by atoms with Crippen molar-refractivity contribution in [3.8, 4) is 0 Å². The van der Waals surface area contributed by atoms with Crippen LogP contribution in [0.1, 0.15) is 24.5 Å². The Labute approximate surface area is 210 Å². The largest absolute Gasteiger partial charge is 0.370 e. The van der Waals surface area contributed by atoms with Gasteiger partial charge >= 0.3 is 0 Å². The smallest absolute Gasteiger partial charge is 0.249 e. The Kier molecular flexibility index (Phi) is 9.73. The van der Waals surface area contributed by atoms with Gasteiger partial charge in [0.25, 0.3) is 0 Å². The van der Waals surface area contributed by atoms with Gasteiger partial charge in [0, 0.05) is 31.7 Å². The van der Waals surface area contributed by atoms with Crippen molar-refractivity contribution < 1.29 is 17.9 Å². The number of rotatable bonds is 11. The highest BCUT2D eigenvalue weighted by atomic mass is 35.5. The van der Waals surface area contributed by atoms with Crippen LogP contribution >= 0.6 is 23.2 Å². The number of sulfone groups is 1. The van der Waals surface area contributed by atoms with Gasteiger partial charge < -0.3 is 20.7 Å². The van der Waals surface area contributed by atoms with Gasteiger partial charge in [0.2, 0.25) is 5.91 Å². The maximum atomic E-state index is 12.4. The fourth-order valence-electron chi connectivity index (χ4n) is 3.23. The van der Waals surface area contributed by atoms with Gasteiger partial charge in [-0.1, -0.05) is 53.5 Å². The highest BCUT2D eigenvalue weighted by molar-refractivity contribution is 7.91. The lowest BCUT2D eigenvalue weighted by Gasteiger charge is -2.16. The van der Waals surface area contributed by atoms with Crippen molar-refractivity contribution in [3.05, 3.63) is 63.6 Å². The topological polar surface area (TPSA) is 109 Å². The summed E-state index contributed by atoms with van der Waals surface area (Å²) in [5, 5.41) is 9.10. The molecule has 3 N–H and O–H groups in total. The molecule has 0 radical (unpaired) electrons. The van der Waals surface area contributed by atoms with E-state index in [1.54, 1.807) is 6.92 Å². The molecule has 2 aromatic carbocycles. The number of carbonyl (C=O) groups is 1. The number of hydrogen-bond acceptors (Lipinski definition) is 7. The minimum absolute atomic E-state index is 0.00144. The Bertz CT molecular complexity index is 1120. The van der Waals surface area contributed by atoms with E-state index in [1.807, 2.05) is 24.3 Å². The number of amides is 1. The molecule has 1 heterocycles. The minimum Gasteiger partial charge on any atom is -0.370 e. The molecule has 8 nitrogen and oxygen atoms in total. The molecular formula is C23H28Cl2N4O4S. The first-order chi connectivity index (χ1) is 16.3. The molecule has 184 valence electrons. The van der Waals surface area contributed by atoms with Crippen LogP contribution in [-0.4, -0.2) is 58.4 Å². The molecule has 1 amide bonds. The summed E-state index contributed by atoms with van der Waals surface area (Å²) >= 11 is 11.9. The van der Waals surface area contributed by atoms with Crippen molar-refractivity contribution >= 4 is 44.8 Å². The van der Waals surface area contributed by atoms with Crippen LogP contribution in [0.25, 0.3) is 0 Å². The Hall–Kier alpha value is -2.17. The average molecular weight is 527 g/mol. The Morgan fingerprint density at radius 1 is 1.21 bits per heavy atom. The zero-order valence-corrected chi connectivity index (χ0v) is 21.1. The number of nitrogens with one attached hydrogen (secondary N) is 3. The Balaban J connectivity index is 1.36. The van der Waals surface area contributed by atoms with E-state index in [0.29, 0.717) is 6.54 Å². The lowest BCUT2D eigenvalue weighted by Crippen LogP contribution is -2.36. The average Bonchev–Trinajstić information content (AvgIpc) is 2.84. The molecule has 1 aliphatic rings. The van der Waals surface area contributed by atoms with Gasteiger partial charge in [-0.2, -0.15) is 0 Å². The molecule has 34 heavy (non-hydrogen) atoms. The lowest BCUT2D eigenvalue weighted by atomic mass is 10.1. The van der Waals surface area contributed by atoms with Crippen LogP contribution in [0, 0.1) is 0 Å². The summed E-state index contributed by atoms with van der Waals surface area (Å²) in [4.78, 5) is 16.7. The molecule has 0 aliphatic carbocycles. The standard InChI is InChI=1S/C23H28Cl2N4O4S/c1-16(33-13-12-26-15-34(31,32)20-5-2-4-19(24)21(20)25)23(30)29-14-17-6-8-18(9-7-17)22-27-10-3-11-28-22/h2,4-9,16,26H,3,10-15H2,1H3,(H,27,28)(H,29,30). The van der Waals surface area contributed by atoms with E-state index in [1.165, 1.54) is 18.2 Å². The van der Waals surface area contributed by atoms with Crippen molar-refractivity contribution in [3.63, 3.8) is 0 Å². The molecule has 1 aliphatic heterocycles. The van der Waals surface area contributed by atoms with Crippen LogP contribution in [0.2, 0.25) is 10.0 Å². The van der Waals surface area contributed by atoms with Crippen molar-refractivity contribution in [2.75, 3.05) is 32.1 Å². The molecule has 1 unspecified atom stereocenters. The molecular weight excluding hydrogens is 499 g/mol. The predicted molar refractivity (Wildman–Crippen MR) is 134 cm³/mol. The van der Waals surface area contributed by atoms with Gasteiger partial charge in [0.05, 0.1) is 21.5 Å². The van der Waals surface area contributed by atoms with Gasteiger partial charge in [0.15, 0.2) is 9.84 Å². The van der Waals surface area contributed by atoms with E-state index in [2.05, 4.69) is 20.9 Å². The third kappa shape index (κ3) is 7.41. The highest BCUT2D eigenvalue weighted by Crippen LogP contribution is 2.29. The summed E-state index contributed by atoms with van der Waals surface area (Å²) in [6.07, 6.45) is 0.363. The van der Waals surface area contributed by atoms with Crippen molar-refractivity contribution in [2.24, 2.45) is 4.99 Å². The lowest BCUT2D eigenvalue weighted by molar-refractivity contribution is -0.131. The van der Waals surface area contributed by atoms with Gasteiger partial charge in [-0.3, -0.25) is 9.79 Å². The summed E-state index contributed by atoms with van der Waals surface area (Å²) in [6, 6.07) is 12.3. The molecule has 0 aromatic heterocycles. The van der Waals surface area contributed by atoms with Gasteiger partial charge in [0.1, 0.15) is 17.8 Å². The quantitative estimate of drug-likeness (QED) is 0.388. The van der Waals surface area contributed by atoms with Gasteiger partial charge in [-0.25, -0.2) is 8.42 Å². The molecule has 0 fully saturated rings. The van der Waals surface area contributed by atoms with E-state index >= 15 is 0 Å². The van der Waals surface area contributed by atoms with E-state index in [9.17, 15) is 13.2 Å². The van der Waals surface area contributed by atoms with Crippen LogP contribution in [0.4, 0.5) is 0 Å². The first-order valence-corrected chi connectivity index (χ1v) is 13.3. The number of amidine groups is 1. The fraction of sp³-hybridized carbons (Fsp3) is 0.391. The van der Waals surface area contributed by atoms with Crippen LogP contribution < -0.4 is 16.0 Å². The molecule has 0 bridgehead atoms. The number of benzene rings is 2. The van der Waals surface area contributed by atoms with Crippen LogP contribution in [-0.2, 0) is 25.9 Å². The number of carbonyl (C=O) groups excluding carboxylic acids is 1. The highest BCUT2D eigenvalue weighted by Gasteiger charge is 2.19. The number of ether oxygens (including phenoxy) is 1. The summed E-state index contributed by atoms with van der Waals surface area (Å²) in [6.45, 7) is 4.19. The first kappa shape index (κ1) is 26.4. The van der Waals surface area contributed by atoms with E-state index in [-0.39, 0.29) is 39.9 Å². The van der Waals surface area contributed by atoms with E-state index in [4.69, 9.17) is 27.9 Å². The first-order valence-electron chi connectivity index (χ1n) is 10.9. The fourth-order valence-corrected chi connectivity index (χ4v) is 5.18. The summed E-state index contributed by atoms with van der Waals surface area (Å²) < 4.78 is 30.4. The number of aliphatic imine (C=N–C) groups is 1. The van der Waals surface area contributed by atoms with Crippen LogP contribution in [0.15, 0.2) is 52.4 Å². The Morgan fingerprint density at radius 2 is 1.97 bits per heavy atom. The zero-order chi connectivity index (χ0) is 24.6. The second kappa shape index (κ2) is 12.5. The van der Waals surface area contributed by atoms with Crippen molar-refractivity contribution in [2.45, 2.75) is 30.9 Å². The minimum atomic E-state index is -3.65. The molecule has 3 rings (SSSR count). The van der Waals surface area contributed by atoms with Gasteiger partial charge in [-0.05, 0) is 31.0 Å². The Morgan fingerprint density at radius 3 is 2.68 bits per heavy atom. The molecule has 0 saturated heterocycles.